The van der Waals surface area contributed by atoms with Crippen LogP contribution in [0.25, 0.3) is 0 Å². The Morgan fingerprint density at radius 2 is 2.06 bits per heavy atom. The first-order valence-electron chi connectivity index (χ1n) is 6.27. The molecule has 0 spiro atoms. The van der Waals surface area contributed by atoms with Crippen molar-refractivity contribution in [1.29, 1.82) is 0 Å². The van der Waals surface area contributed by atoms with Crippen LogP contribution >= 0.6 is 0 Å². The minimum atomic E-state index is -0.460. The predicted molar refractivity (Wildman–Crippen MR) is 67.9 cm³/mol. The maximum absolute atomic E-state index is 11.6. The molecular formula is C12H25N3O2. The van der Waals surface area contributed by atoms with Gasteiger partial charge in [0.2, 0.25) is 0 Å². The Hall–Kier alpha value is -0.810. The lowest BCUT2D eigenvalue weighted by Crippen LogP contribution is -2.58. The van der Waals surface area contributed by atoms with Gasteiger partial charge in [-0.15, -0.1) is 0 Å². The Morgan fingerprint density at radius 3 is 2.41 bits per heavy atom. The van der Waals surface area contributed by atoms with Crippen molar-refractivity contribution in [2.45, 2.75) is 51.8 Å². The lowest BCUT2D eigenvalue weighted by Gasteiger charge is -2.41. The number of carbonyl (C=O) groups excluding carboxylic acids is 1. The molecular weight excluding hydrogens is 218 g/mol. The fourth-order valence-corrected chi connectivity index (χ4v) is 1.93. The molecule has 1 aliphatic heterocycles. The molecule has 5 heteroatoms. The van der Waals surface area contributed by atoms with E-state index in [1.54, 1.807) is 0 Å². The maximum Gasteiger partial charge on any atom is 0.407 e. The second-order valence-corrected chi connectivity index (χ2v) is 5.63. The lowest BCUT2D eigenvalue weighted by molar-refractivity contribution is 0.0431. The molecule has 1 amide bonds. The summed E-state index contributed by atoms with van der Waals surface area (Å²) in [5.41, 5.74) is 5.29. The topological polar surface area (TPSA) is 67.6 Å². The summed E-state index contributed by atoms with van der Waals surface area (Å²) in [6.07, 6.45) is 0.847. The third-order valence-electron chi connectivity index (χ3n) is 2.92. The van der Waals surface area contributed by atoms with E-state index in [1.165, 1.54) is 6.42 Å². The Labute approximate surface area is 104 Å². The Bertz CT molecular complexity index is 259. The monoisotopic (exact) mass is 243 g/mol. The van der Waals surface area contributed by atoms with Crippen LogP contribution in [0.4, 0.5) is 4.79 Å². The van der Waals surface area contributed by atoms with Gasteiger partial charge in [-0.25, -0.2) is 4.79 Å². The number of nitrogens with one attached hydrogen (secondary N) is 1. The van der Waals surface area contributed by atoms with Gasteiger partial charge in [0.15, 0.2) is 0 Å². The number of nitrogens with zero attached hydrogens (tertiary/aromatic N) is 1. The van der Waals surface area contributed by atoms with Gasteiger partial charge in [0.1, 0.15) is 5.60 Å². The van der Waals surface area contributed by atoms with Gasteiger partial charge in [-0.1, -0.05) is 0 Å². The van der Waals surface area contributed by atoms with E-state index in [9.17, 15) is 4.79 Å². The summed E-state index contributed by atoms with van der Waals surface area (Å²) in [7, 11) is 0. The molecule has 2 atom stereocenters. The molecule has 0 aromatic heterocycles. The number of likely N-dealkylation sites (tertiary alicyclic amines) is 1. The van der Waals surface area contributed by atoms with Crippen LogP contribution in [0.1, 0.15) is 34.1 Å². The Balaban J connectivity index is 2.40. The molecule has 0 aliphatic carbocycles. The van der Waals surface area contributed by atoms with Crippen molar-refractivity contribution in [2.75, 3.05) is 19.6 Å². The number of nitrogens with two attached hydrogens (primary N) is 1. The molecule has 0 bridgehead atoms. The number of carbonyl (C=O) groups is 1. The van der Waals surface area contributed by atoms with Crippen LogP contribution in [0, 0.1) is 0 Å². The minimum Gasteiger partial charge on any atom is -0.444 e. The standard InChI is InChI=1S/C12H25N3O2/c1-9(10(8-13)15-6-5-7-15)14-11(16)17-12(2,3)4/h9-10H,5-8,13H2,1-4H3,(H,14,16). The number of rotatable bonds is 4. The van der Waals surface area contributed by atoms with Crippen molar-refractivity contribution in [1.82, 2.24) is 10.2 Å². The lowest BCUT2D eigenvalue weighted by atomic mass is 10.0. The largest absolute Gasteiger partial charge is 0.444 e. The quantitative estimate of drug-likeness (QED) is 0.771. The molecule has 2 unspecified atom stereocenters. The smallest absolute Gasteiger partial charge is 0.407 e. The molecule has 1 saturated heterocycles. The summed E-state index contributed by atoms with van der Waals surface area (Å²) in [5.74, 6) is 0. The Kier molecular flexibility index (Phi) is 4.77. The predicted octanol–water partition coefficient (Wildman–Crippen LogP) is 0.933. The zero-order valence-electron chi connectivity index (χ0n) is 11.3. The molecule has 0 aromatic rings. The van der Waals surface area contributed by atoms with E-state index in [-0.39, 0.29) is 18.2 Å². The Morgan fingerprint density at radius 1 is 1.47 bits per heavy atom. The van der Waals surface area contributed by atoms with Crippen LogP contribution in [-0.4, -0.2) is 48.3 Å². The normalized spacial score (nSPS) is 20.3. The fraction of sp³-hybridized carbons (Fsp3) is 0.917. The molecule has 17 heavy (non-hydrogen) atoms. The number of ether oxygens (including phenoxy) is 1. The zero-order chi connectivity index (χ0) is 13.1. The van der Waals surface area contributed by atoms with Crippen LogP contribution in [0.3, 0.4) is 0 Å². The van der Waals surface area contributed by atoms with Gasteiger partial charge in [-0.05, 0) is 47.2 Å². The molecule has 1 aliphatic rings. The average Bonchev–Trinajstić information content (AvgIpc) is 2.06. The summed E-state index contributed by atoms with van der Waals surface area (Å²) < 4.78 is 5.23. The van der Waals surface area contributed by atoms with Gasteiger partial charge in [0.25, 0.3) is 0 Å². The van der Waals surface area contributed by atoms with Gasteiger partial charge in [0, 0.05) is 18.6 Å². The van der Waals surface area contributed by atoms with E-state index in [0.29, 0.717) is 6.54 Å². The summed E-state index contributed by atoms with van der Waals surface area (Å²) in [6, 6.07) is 0.214. The van der Waals surface area contributed by atoms with Gasteiger partial charge >= 0.3 is 6.09 Å². The third-order valence-corrected chi connectivity index (χ3v) is 2.92. The van der Waals surface area contributed by atoms with Crippen LogP contribution in [0.5, 0.6) is 0 Å². The summed E-state index contributed by atoms with van der Waals surface area (Å²) in [4.78, 5) is 13.9. The third kappa shape index (κ3) is 4.52. The summed E-state index contributed by atoms with van der Waals surface area (Å²) in [5, 5.41) is 2.85. The highest BCUT2D eigenvalue weighted by Gasteiger charge is 2.29. The molecule has 1 fully saturated rings. The summed E-state index contributed by atoms with van der Waals surface area (Å²) in [6.45, 7) is 10.2. The second-order valence-electron chi connectivity index (χ2n) is 5.63. The minimum absolute atomic E-state index is 0.00940. The molecule has 1 rings (SSSR count). The van der Waals surface area contributed by atoms with E-state index >= 15 is 0 Å². The first-order chi connectivity index (χ1) is 7.83. The van der Waals surface area contributed by atoms with Crippen molar-refractivity contribution < 1.29 is 9.53 Å². The highest BCUT2D eigenvalue weighted by molar-refractivity contribution is 5.68. The zero-order valence-corrected chi connectivity index (χ0v) is 11.3. The molecule has 0 radical (unpaired) electrons. The van der Waals surface area contributed by atoms with Gasteiger partial charge < -0.3 is 15.8 Å². The van der Waals surface area contributed by atoms with Crippen molar-refractivity contribution >= 4 is 6.09 Å². The van der Waals surface area contributed by atoms with E-state index < -0.39 is 5.60 Å². The first-order valence-corrected chi connectivity index (χ1v) is 6.27. The molecule has 0 aromatic carbocycles. The van der Waals surface area contributed by atoms with Crippen LogP contribution in [-0.2, 0) is 4.74 Å². The highest BCUT2D eigenvalue weighted by Crippen LogP contribution is 2.14. The van der Waals surface area contributed by atoms with Crippen LogP contribution < -0.4 is 11.1 Å². The molecule has 1 heterocycles. The van der Waals surface area contributed by atoms with Crippen LogP contribution in [0.15, 0.2) is 0 Å². The van der Waals surface area contributed by atoms with Crippen molar-refractivity contribution in [3.63, 3.8) is 0 Å². The van der Waals surface area contributed by atoms with E-state index in [2.05, 4.69) is 10.2 Å². The second kappa shape index (κ2) is 5.69. The number of amides is 1. The average molecular weight is 243 g/mol. The maximum atomic E-state index is 11.6. The van der Waals surface area contributed by atoms with Gasteiger partial charge in [-0.3, -0.25) is 4.90 Å². The molecule has 100 valence electrons. The molecule has 0 saturated carbocycles. The van der Waals surface area contributed by atoms with Crippen molar-refractivity contribution in [3.05, 3.63) is 0 Å². The first kappa shape index (κ1) is 14.3. The molecule has 5 nitrogen and oxygen atoms in total. The van der Waals surface area contributed by atoms with Crippen LogP contribution in [0.2, 0.25) is 0 Å². The molecule has 3 N–H and O–H groups in total. The fourth-order valence-electron chi connectivity index (χ4n) is 1.93. The van der Waals surface area contributed by atoms with Crippen molar-refractivity contribution in [2.24, 2.45) is 5.73 Å². The van der Waals surface area contributed by atoms with E-state index in [4.69, 9.17) is 10.5 Å². The van der Waals surface area contributed by atoms with E-state index in [0.717, 1.165) is 13.1 Å². The number of hydrogen-bond donors (Lipinski definition) is 2. The number of alkyl carbamates (subject to hydrolysis) is 1. The van der Waals surface area contributed by atoms with Crippen molar-refractivity contribution in [3.8, 4) is 0 Å². The van der Waals surface area contributed by atoms with Gasteiger partial charge in [0.05, 0.1) is 0 Å². The number of hydrogen-bond acceptors (Lipinski definition) is 4. The SMILES string of the molecule is CC(NC(=O)OC(C)(C)C)C(CN)N1CCC1. The van der Waals surface area contributed by atoms with Gasteiger partial charge in [-0.2, -0.15) is 0 Å². The van der Waals surface area contributed by atoms with E-state index in [1.807, 2.05) is 27.7 Å². The summed E-state index contributed by atoms with van der Waals surface area (Å²) >= 11 is 0. The highest BCUT2D eigenvalue weighted by atomic mass is 16.6.